The molecule has 0 unspecified atom stereocenters. The van der Waals surface area contributed by atoms with Gasteiger partial charge in [-0.1, -0.05) is 11.8 Å². The van der Waals surface area contributed by atoms with Crippen molar-refractivity contribution >= 4 is 34.8 Å². The third-order valence-corrected chi connectivity index (χ3v) is 7.84. The number of likely N-dealkylation sites (tertiary alicyclic amines) is 1. The molecule has 210 valence electrons. The van der Waals surface area contributed by atoms with E-state index in [4.69, 9.17) is 23.9 Å². The van der Waals surface area contributed by atoms with Crippen LogP contribution >= 0.6 is 11.8 Å². The highest BCUT2D eigenvalue weighted by Crippen LogP contribution is 2.47. The number of fused-ring (bicyclic) bond motifs is 1. The summed E-state index contributed by atoms with van der Waals surface area (Å²) in [5, 5.41) is 2.55. The zero-order chi connectivity index (χ0) is 28.1. The van der Waals surface area contributed by atoms with Gasteiger partial charge in [0.05, 0.1) is 57.1 Å². The SMILES string of the molecule is CCOC(=O)C1=C(C)N=C2SC=C(CC(=O)N3CCC[C@@H](C(=O)OCC)C3)N2[C@@H]1c1cc(OC)ccc1OC. The van der Waals surface area contributed by atoms with Gasteiger partial charge in [0.2, 0.25) is 5.91 Å². The summed E-state index contributed by atoms with van der Waals surface area (Å²) in [5.74, 6) is -0.00606. The lowest BCUT2D eigenvalue weighted by atomic mass is 9.92. The van der Waals surface area contributed by atoms with Gasteiger partial charge in [0.1, 0.15) is 11.5 Å². The molecule has 0 saturated carbocycles. The van der Waals surface area contributed by atoms with Crippen LogP contribution in [0, 0.1) is 5.92 Å². The third kappa shape index (κ3) is 5.93. The fourth-order valence-electron chi connectivity index (χ4n) is 5.11. The number of hydrogen-bond acceptors (Lipinski definition) is 10. The summed E-state index contributed by atoms with van der Waals surface area (Å²) in [6.45, 7) is 6.75. The number of nitrogens with zero attached hydrogens (tertiary/aromatic N) is 3. The van der Waals surface area contributed by atoms with E-state index in [-0.39, 0.29) is 30.8 Å². The van der Waals surface area contributed by atoms with E-state index in [0.29, 0.717) is 65.3 Å². The number of amidine groups is 1. The van der Waals surface area contributed by atoms with E-state index in [1.54, 1.807) is 52.0 Å². The van der Waals surface area contributed by atoms with Crippen LogP contribution < -0.4 is 9.47 Å². The van der Waals surface area contributed by atoms with Crippen LogP contribution in [0.2, 0.25) is 0 Å². The Bertz CT molecular complexity index is 1230. The number of rotatable bonds is 9. The van der Waals surface area contributed by atoms with Gasteiger partial charge in [-0.25, -0.2) is 9.79 Å². The average molecular weight is 558 g/mol. The van der Waals surface area contributed by atoms with Crippen molar-refractivity contribution in [3.8, 4) is 11.5 Å². The van der Waals surface area contributed by atoms with Gasteiger partial charge in [0.25, 0.3) is 0 Å². The maximum absolute atomic E-state index is 13.5. The van der Waals surface area contributed by atoms with Crippen LogP contribution in [0.5, 0.6) is 11.5 Å². The van der Waals surface area contributed by atoms with Crippen LogP contribution in [-0.2, 0) is 23.9 Å². The van der Waals surface area contributed by atoms with Gasteiger partial charge in [-0.05, 0) is 57.2 Å². The number of esters is 2. The quantitative estimate of drug-likeness (QED) is 0.416. The Hall–Kier alpha value is -3.47. The molecule has 3 aliphatic heterocycles. The van der Waals surface area contributed by atoms with Crippen LogP contribution in [0.25, 0.3) is 0 Å². The Morgan fingerprint density at radius 1 is 1.10 bits per heavy atom. The molecule has 0 spiro atoms. The zero-order valence-electron chi connectivity index (χ0n) is 23.0. The normalized spacial score (nSPS) is 20.6. The highest BCUT2D eigenvalue weighted by Gasteiger charge is 2.43. The molecule has 1 saturated heterocycles. The number of thioether (sulfide) groups is 1. The molecule has 39 heavy (non-hydrogen) atoms. The standard InChI is InChI=1S/C28H35N3O7S/c1-6-37-26(33)18-9-8-12-30(15-18)23(32)13-19-16-39-28-29-17(3)24(27(34)38-7-2)25(31(19)28)21-14-20(35-4)10-11-22(21)36-5/h10-11,14,16,18,25H,6-9,12-13,15H2,1-5H3/t18-,25-/m1/s1. The van der Waals surface area contributed by atoms with Gasteiger partial charge >= 0.3 is 11.9 Å². The van der Waals surface area contributed by atoms with Crippen molar-refractivity contribution in [3.05, 3.63) is 46.1 Å². The molecule has 1 fully saturated rings. The Kier molecular flexibility index (Phi) is 9.21. The second-order valence-corrected chi connectivity index (χ2v) is 10.2. The van der Waals surface area contributed by atoms with E-state index in [1.165, 1.54) is 11.8 Å². The Morgan fingerprint density at radius 2 is 1.87 bits per heavy atom. The van der Waals surface area contributed by atoms with Crippen molar-refractivity contribution in [2.75, 3.05) is 40.5 Å². The second-order valence-electron chi connectivity index (χ2n) is 9.33. The van der Waals surface area contributed by atoms with Crippen LogP contribution in [0.1, 0.15) is 51.6 Å². The van der Waals surface area contributed by atoms with Crippen LogP contribution in [0.3, 0.4) is 0 Å². The van der Waals surface area contributed by atoms with Gasteiger partial charge in [-0.15, -0.1) is 0 Å². The summed E-state index contributed by atoms with van der Waals surface area (Å²) < 4.78 is 21.8. The highest BCUT2D eigenvalue weighted by molar-refractivity contribution is 8.16. The van der Waals surface area contributed by atoms with Gasteiger partial charge in [-0.3, -0.25) is 9.59 Å². The molecule has 1 aromatic rings. The molecule has 3 aliphatic rings. The molecule has 0 aromatic heterocycles. The fraction of sp³-hybridized carbons (Fsp3) is 0.500. The minimum Gasteiger partial charge on any atom is -0.497 e. The first kappa shape index (κ1) is 28.5. The van der Waals surface area contributed by atoms with Gasteiger partial charge in [0, 0.05) is 24.4 Å². The summed E-state index contributed by atoms with van der Waals surface area (Å²) in [5.41, 5.74) is 2.30. The van der Waals surface area contributed by atoms with Crippen molar-refractivity contribution < 1.29 is 33.3 Å². The van der Waals surface area contributed by atoms with E-state index < -0.39 is 12.0 Å². The Balaban J connectivity index is 1.68. The number of carbonyl (C=O) groups excluding carboxylic acids is 3. The summed E-state index contributed by atoms with van der Waals surface area (Å²) in [6, 6.07) is 4.76. The summed E-state index contributed by atoms with van der Waals surface area (Å²) in [6.07, 6.45) is 1.52. The minimum absolute atomic E-state index is 0.0828. The molecule has 0 aliphatic carbocycles. The van der Waals surface area contributed by atoms with Crippen molar-refractivity contribution in [1.82, 2.24) is 9.80 Å². The zero-order valence-corrected chi connectivity index (χ0v) is 23.8. The first-order valence-corrected chi connectivity index (χ1v) is 14.0. The number of aliphatic imine (C=N–C) groups is 1. The predicted molar refractivity (Wildman–Crippen MR) is 147 cm³/mol. The molecule has 3 heterocycles. The summed E-state index contributed by atoms with van der Waals surface area (Å²) >= 11 is 1.40. The monoisotopic (exact) mass is 557 g/mol. The van der Waals surface area contributed by atoms with Crippen molar-refractivity contribution in [3.63, 3.8) is 0 Å². The molecular formula is C28H35N3O7S. The number of amides is 1. The average Bonchev–Trinajstić information content (AvgIpc) is 3.33. The fourth-order valence-corrected chi connectivity index (χ4v) is 6.07. The third-order valence-electron chi connectivity index (χ3n) is 6.95. The first-order valence-electron chi connectivity index (χ1n) is 13.1. The maximum Gasteiger partial charge on any atom is 0.338 e. The number of piperidine rings is 1. The van der Waals surface area contributed by atoms with Crippen LogP contribution in [0.15, 0.2) is 45.6 Å². The molecule has 4 rings (SSSR count). The minimum atomic E-state index is -0.649. The molecule has 2 atom stereocenters. The topological polar surface area (TPSA) is 107 Å². The van der Waals surface area contributed by atoms with E-state index in [0.717, 1.165) is 6.42 Å². The smallest absolute Gasteiger partial charge is 0.338 e. The number of carbonyl (C=O) groups is 3. The van der Waals surface area contributed by atoms with E-state index in [9.17, 15) is 14.4 Å². The first-order chi connectivity index (χ1) is 18.8. The number of hydrogen-bond donors (Lipinski definition) is 0. The van der Waals surface area contributed by atoms with Gasteiger partial charge < -0.3 is 28.7 Å². The van der Waals surface area contributed by atoms with Crippen LogP contribution in [0.4, 0.5) is 0 Å². The summed E-state index contributed by atoms with van der Waals surface area (Å²) in [4.78, 5) is 47.4. The number of benzene rings is 1. The molecule has 0 N–H and O–H groups in total. The van der Waals surface area contributed by atoms with Crippen LogP contribution in [-0.4, -0.2) is 73.3 Å². The molecule has 0 radical (unpaired) electrons. The Labute approximate surface area is 233 Å². The number of methoxy groups -OCH3 is 2. The maximum atomic E-state index is 13.5. The molecule has 1 aromatic carbocycles. The highest BCUT2D eigenvalue weighted by atomic mass is 32.2. The Morgan fingerprint density at radius 3 is 2.56 bits per heavy atom. The lowest BCUT2D eigenvalue weighted by Crippen LogP contribution is -2.44. The van der Waals surface area contributed by atoms with E-state index in [2.05, 4.69) is 0 Å². The molecular weight excluding hydrogens is 522 g/mol. The largest absolute Gasteiger partial charge is 0.497 e. The number of allylic oxidation sites excluding steroid dienone is 1. The predicted octanol–water partition coefficient (Wildman–Crippen LogP) is 4.03. The summed E-state index contributed by atoms with van der Waals surface area (Å²) in [7, 11) is 3.14. The molecule has 11 heteroatoms. The van der Waals surface area contributed by atoms with Gasteiger partial charge in [0.15, 0.2) is 5.17 Å². The lowest BCUT2D eigenvalue weighted by molar-refractivity contribution is -0.151. The molecule has 1 amide bonds. The molecule has 0 bridgehead atoms. The van der Waals surface area contributed by atoms with E-state index in [1.807, 2.05) is 16.4 Å². The lowest BCUT2D eigenvalue weighted by Gasteiger charge is -2.37. The number of ether oxygens (including phenoxy) is 4. The van der Waals surface area contributed by atoms with Gasteiger partial charge in [-0.2, -0.15) is 0 Å². The molecule has 10 nitrogen and oxygen atoms in total. The van der Waals surface area contributed by atoms with Crippen molar-refractivity contribution in [1.29, 1.82) is 0 Å². The van der Waals surface area contributed by atoms with Crippen molar-refractivity contribution in [2.24, 2.45) is 10.9 Å². The second kappa shape index (κ2) is 12.6. The van der Waals surface area contributed by atoms with E-state index >= 15 is 0 Å². The van der Waals surface area contributed by atoms with Crippen molar-refractivity contribution in [2.45, 2.75) is 46.1 Å².